The molecule has 0 aliphatic carbocycles. The summed E-state index contributed by atoms with van der Waals surface area (Å²) >= 11 is 0. The third-order valence-corrected chi connectivity index (χ3v) is 3.66. The Balaban J connectivity index is 2.14. The normalized spacial score (nSPS) is 19.8. The van der Waals surface area contributed by atoms with Gasteiger partial charge in [-0.1, -0.05) is 19.3 Å². The molecular weight excluding hydrogens is 244 g/mol. The van der Waals surface area contributed by atoms with Crippen molar-refractivity contribution in [1.29, 1.82) is 0 Å². The fourth-order valence-corrected chi connectivity index (χ4v) is 2.45. The Morgan fingerprint density at radius 2 is 2.00 bits per heavy atom. The van der Waals surface area contributed by atoms with Crippen molar-refractivity contribution >= 4 is 12.0 Å². The van der Waals surface area contributed by atoms with E-state index in [2.05, 4.69) is 12.2 Å². The van der Waals surface area contributed by atoms with E-state index >= 15 is 0 Å². The molecule has 2 amide bonds. The molecule has 1 fully saturated rings. The Morgan fingerprint density at radius 3 is 2.74 bits per heavy atom. The number of amides is 2. The number of carboxylic acid groups (broad SMARTS) is 1. The quantitative estimate of drug-likeness (QED) is 0.729. The highest BCUT2D eigenvalue weighted by atomic mass is 16.4. The van der Waals surface area contributed by atoms with Gasteiger partial charge in [0.2, 0.25) is 0 Å². The molecule has 110 valence electrons. The van der Waals surface area contributed by atoms with Crippen molar-refractivity contribution in [1.82, 2.24) is 10.2 Å². The zero-order valence-electron chi connectivity index (χ0n) is 11.9. The number of carbonyl (C=O) groups is 2. The number of aliphatic carboxylic acids is 1. The third-order valence-electron chi connectivity index (χ3n) is 3.66. The number of hydrogen-bond donors (Lipinski definition) is 2. The van der Waals surface area contributed by atoms with E-state index in [4.69, 9.17) is 5.11 Å². The summed E-state index contributed by atoms with van der Waals surface area (Å²) in [7, 11) is 0. The maximum Gasteiger partial charge on any atom is 0.317 e. The second-order valence-corrected chi connectivity index (χ2v) is 5.33. The van der Waals surface area contributed by atoms with Gasteiger partial charge in [-0.3, -0.25) is 4.79 Å². The number of carbonyl (C=O) groups excluding carboxylic acids is 1. The Morgan fingerprint density at radius 1 is 1.21 bits per heavy atom. The Labute approximate surface area is 115 Å². The van der Waals surface area contributed by atoms with Crippen LogP contribution in [0.1, 0.15) is 58.3 Å². The van der Waals surface area contributed by atoms with Crippen LogP contribution < -0.4 is 5.32 Å². The second kappa shape index (κ2) is 8.77. The van der Waals surface area contributed by atoms with E-state index in [9.17, 15) is 9.59 Å². The Bertz CT molecular complexity index is 294. The first-order valence-corrected chi connectivity index (χ1v) is 7.37. The lowest BCUT2D eigenvalue weighted by Crippen LogP contribution is -2.45. The molecular formula is C14H26N2O3. The molecule has 1 rings (SSSR count). The van der Waals surface area contributed by atoms with Crippen molar-refractivity contribution in [3.8, 4) is 0 Å². The maximum absolute atomic E-state index is 12.0. The average Bonchev–Trinajstić information content (AvgIpc) is 2.57. The first-order valence-electron chi connectivity index (χ1n) is 7.37. The van der Waals surface area contributed by atoms with E-state index in [1.807, 2.05) is 4.90 Å². The molecule has 1 atom stereocenters. The SMILES string of the molecule is CC1CCCCCN1C(=O)NCCCCCC(=O)O. The van der Waals surface area contributed by atoms with Gasteiger partial charge < -0.3 is 15.3 Å². The fourth-order valence-electron chi connectivity index (χ4n) is 2.45. The van der Waals surface area contributed by atoms with Crippen LogP contribution in [0.2, 0.25) is 0 Å². The zero-order chi connectivity index (χ0) is 14.1. The summed E-state index contributed by atoms with van der Waals surface area (Å²) in [6.07, 6.45) is 7.21. The smallest absolute Gasteiger partial charge is 0.317 e. The molecule has 1 aliphatic heterocycles. The topological polar surface area (TPSA) is 69.6 Å². The highest BCUT2D eigenvalue weighted by Crippen LogP contribution is 2.16. The van der Waals surface area contributed by atoms with Crippen LogP contribution in [0, 0.1) is 0 Å². The first kappa shape index (κ1) is 15.8. The van der Waals surface area contributed by atoms with Gasteiger partial charge in [0.15, 0.2) is 0 Å². The van der Waals surface area contributed by atoms with Gasteiger partial charge in [0.25, 0.3) is 0 Å². The summed E-state index contributed by atoms with van der Waals surface area (Å²) in [5, 5.41) is 11.4. The van der Waals surface area contributed by atoms with Crippen molar-refractivity contribution < 1.29 is 14.7 Å². The second-order valence-electron chi connectivity index (χ2n) is 5.33. The van der Waals surface area contributed by atoms with Crippen LogP contribution in [0.5, 0.6) is 0 Å². The number of unbranched alkanes of at least 4 members (excludes halogenated alkanes) is 2. The summed E-state index contributed by atoms with van der Waals surface area (Å²) in [5.41, 5.74) is 0. The number of urea groups is 1. The minimum Gasteiger partial charge on any atom is -0.481 e. The van der Waals surface area contributed by atoms with Gasteiger partial charge in [0.1, 0.15) is 0 Å². The van der Waals surface area contributed by atoms with E-state index in [1.165, 1.54) is 12.8 Å². The lowest BCUT2D eigenvalue weighted by Gasteiger charge is -2.27. The lowest BCUT2D eigenvalue weighted by molar-refractivity contribution is -0.137. The molecule has 5 nitrogen and oxygen atoms in total. The van der Waals surface area contributed by atoms with Crippen molar-refractivity contribution in [3.63, 3.8) is 0 Å². The minimum atomic E-state index is -0.748. The van der Waals surface area contributed by atoms with Crippen molar-refractivity contribution in [2.75, 3.05) is 13.1 Å². The highest BCUT2D eigenvalue weighted by molar-refractivity contribution is 5.74. The molecule has 1 aliphatic rings. The molecule has 5 heteroatoms. The van der Waals surface area contributed by atoms with E-state index < -0.39 is 5.97 Å². The van der Waals surface area contributed by atoms with E-state index in [1.54, 1.807) is 0 Å². The predicted octanol–water partition coefficient (Wildman–Crippen LogP) is 2.61. The summed E-state index contributed by atoms with van der Waals surface area (Å²) in [6, 6.07) is 0.363. The first-order chi connectivity index (χ1) is 9.11. The predicted molar refractivity (Wildman–Crippen MR) is 74.1 cm³/mol. The van der Waals surface area contributed by atoms with Crippen LogP contribution in [0.4, 0.5) is 4.79 Å². The number of hydrogen-bond acceptors (Lipinski definition) is 2. The molecule has 2 N–H and O–H groups in total. The summed E-state index contributed by atoms with van der Waals surface area (Å²) in [4.78, 5) is 24.3. The van der Waals surface area contributed by atoms with Gasteiger partial charge in [0, 0.05) is 25.6 Å². The van der Waals surface area contributed by atoms with E-state index in [0.29, 0.717) is 19.0 Å². The molecule has 0 spiro atoms. The molecule has 0 radical (unpaired) electrons. The summed E-state index contributed by atoms with van der Waals surface area (Å²) in [5.74, 6) is -0.748. The standard InChI is InChI=1S/C14H26N2O3/c1-12-8-4-3-7-11-16(12)14(19)15-10-6-2-5-9-13(17)18/h12H,2-11H2,1H3,(H,15,19)(H,17,18). The summed E-state index contributed by atoms with van der Waals surface area (Å²) in [6.45, 7) is 3.60. The monoisotopic (exact) mass is 270 g/mol. The van der Waals surface area contributed by atoms with Gasteiger partial charge >= 0.3 is 12.0 Å². The van der Waals surface area contributed by atoms with E-state index in [0.717, 1.165) is 32.2 Å². The van der Waals surface area contributed by atoms with E-state index in [-0.39, 0.29) is 12.5 Å². The minimum absolute atomic E-state index is 0.0348. The van der Waals surface area contributed by atoms with Crippen LogP contribution in [0.15, 0.2) is 0 Å². The van der Waals surface area contributed by atoms with Gasteiger partial charge in [-0.25, -0.2) is 4.79 Å². The van der Waals surface area contributed by atoms with Gasteiger partial charge in [0.05, 0.1) is 0 Å². The number of nitrogens with zero attached hydrogens (tertiary/aromatic N) is 1. The highest BCUT2D eigenvalue weighted by Gasteiger charge is 2.21. The maximum atomic E-state index is 12.0. The Kier molecular flexibility index (Phi) is 7.30. The van der Waals surface area contributed by atoms with Gasteiger partial charge in [-0.05, 0) is 32.6 Å². The van der Waals surface area contributed by atoms with Crippen LogP contribution in [0.25, 0.3) is 0 Å². The Hall–Kier alpha value is -1.26. The molecule has 19 heavy (non-hydrogen) atoms. The molecule has 1 saturated heterocycles. The van der Waals surface area contributed by atoms with Crippen LogP contribution >= 0.6 is 0 Å². The van der Waals surface area contributed by atoms with Crippen LogP contribution in [-0.2, 0) is 4.79 Å². The number of likely N-dealkylation sites (tertiary alicyclic amines) is 1. The van der Waals surface area contributed by atoms with Gasteiger partial charge in [-0.15, -0.1) is 0 Å². The van der Waals surface area contributed by atoms with Crippen LogP contribution in [0.3, 0.4) is 0 Å². The molecule has 1 heterocycles. The fraction of sp³-hybridized carbons (Fsp3) is 0.857. The van der Waals surface area contributed by atoms with Crippen molar-refractivity contribution in [2.45, 2.75) is 64.3 Å². The lowest BCUT2D eigenvalue weighted by atomic mass is 10.1. The van der Waals surface area contributed by atoms with Crippen molar-refractivity contribution in [3.05, 3.63) is 0 Å². The zero-order valence-corrected chi connectivity index (χ0v) is 11.9. The number of rotatable bonds is 6. The van der Waals surface area contributed by atoms with Crippen LogP contribution in [-0.4, -0.2) is 41.1 Å². The number of carboxylic acids is 1. The third kappa shape index (κ3) is 6.45. The number of nitrogens with one attached hydrogen (secondary N) is 1. The molecule has 0 saturated carbocycles. The largest absolute Gasteiger partial charge is 0.481 e. The average molecular weight is 270 g/mol. The van der Waals surface area contributed by atoms with Crippen molar-refractivity contribution in [2.24, 2.45) is 0 Å². The summed E-state index contributed by atoms with van der Waals surface area (Å²) < 4.78 is 0. The van der Waals surface area contributed by atoms with Gasteiger partial charge in [-0.2, -0.15) is 0 Å². The molecule has 0 aromatic rings. The molecule has 0 aromatic heterocycles. The molecule has 1 unspecified atom stereocenters. The molecule has 0 aromatic carbocycles. The molecule has 0 bridgehead atoms.